The van der Waals surface area contributed by atoms with Crippen LogP contribution in [0.1, 0.15) is 32.9 Å². The minimum absolute atomic E-state index is 0.252. The van der Waals surface area contributed by atoms with Gasteiger partial charge in [0.2, 0.25) is 0 Å². The van der Waals surface area contributed by atoms with Crippen molar-refractivity contribution in [1.29, 1.82) is 0 Å². The van der Waals surface area contributed by atoms with Crippen molar-refractivity contribution in [3.8, 4) is 0 Å². The molecule has 0 fully saturated rings. The maximum absolute atomic E-state index is 12.6. The van der Waals surface area contributed by atoms with Crippen molar-refractivity contribution >= 4 is 21.2 Å². The quantitative estimate of drug-likeness (QED) is 0.854. The zero-order valence-electron chi connectivity index (χ0n) is 12.9. The molecule has 0 aliphatic carbocycles. The lowest BCUT2D eigenvalue weighted by Gasteiger charge is -2.07. The third-order valence-electron chi connectivity index (χ3n) is 3.44. The molecule has 118 valence electrons. The first-order valence-corrected chi connectivity index (χ1v) is 8.46. The van der Waals surface area contributed by atoms with Crippen LogP contribution < -0.4 is 5.73 Å². The molecule has 22 heavy (non-hydrogen) atoms. The van der Waals surface area contributed by atoms with Crippen LogP contribution in [0.25, 0.3) is 11.2 Å². The highest BCUT2D eigenvalue weighted by molar-refractivity contribution is 7.93. The molecule has 0 aromatic carbocycles. The average molecular weight is 320 g/mol. The first kappa shape index (κ1) is 16.4. The number of hydrogen-bond donors (Lipinski definition) is 1. The summed E-state index contributed by atoms with van der Waals surface area (Å²) in [5.41, 5.74) is 8.07. The Kier molecular flexibility index (Phi) is 4.77. The maximum Gasteiger partial charge on any atom is 0.265 e. The molecule has 0 unspecified atom stereocenters. The summed E-state index contributed by atoms with van der Waals surface area (Å²) in [4.78, 5) is 8.69. The molecule has 0 bridgehead atoms. The van der Waals surface area contributed by atoms with Crippen molar-refractivity contribution < 1.29 is 8.42 Å². The fourth-order valence-corrected chi connectivity index (χ4v) is 2.98. The van der Waals surface area contributed by atoms with Gasteiger partial charge in [-0.05, 0) is 32.4 Å². The number of nitrogens with two attached hydrogens (primary N) is 1. The second-order valence-electron chi connectivity index (χ2n) is 5.03. The molecular formula is C15H20N4O2S. The Morgan fingerprint density at radius 2 is 2.09 bits per heavy atom. The van der Waals surface area contributed by atoms with Crippen LogP contribution in [0.4, 0.5) is 0 Å². The third kappa shape index (κ3) is 3.10. The van der Waals surface area contributed by atoms with Crippen molar-refractivity contribution in [2.24, 2.45) is 5.73 Å². The summed E-state index contributed by atoms with van der Waals surface area (Å²) in [6, 6.07) is 1.62. The highest BCUT2D eigenvalue weighted by Crippen LogP contribution is 2.19. The van der Waals surface area contributed by atoms with E-state index in [2.05, 4.69) is 9.97 Å². The monoisotopic (exact) mass is 320 g/mol. The van der Waals surface area contributed by atoms with Gasteiger partial charge in [0.15, 0.2) is 5.65 Å². The zero-order valence-corrected chi connectivity index (χ0v) is 13.8. The van der Waals surface area contributed by atoms with Gasteiger partial charge in [-0.1, -0.05) is 18.6 Å². The Morgan fingerprint density at radius 3 is 2.73 bits per heavy atom. The summed E-state index contributed by atoms with van der Waals surface area (Å²) in [6.07, 6.45) is 7.27. The lowest BCUT2D eigenvalue weighted by atomic mass is 10.2. The van der Waals surface area contributed by atoms with Crippen LogP contribution in [0.15, 0.2) is 41.1 Å². The van der Waals surface area contributed by atoms with Crippen LogP contribution in [0.5, 0.6) is 0 Å². The SMILES string of the molecule is CCC(C)=CC=C(C)S(=O)(=O)n1ccc2nc(CN)cnc21. The second kappa shape index (κ2) is 6.41. The predicted molar refractivity (Wildman–Crippen MR) is 87.5 cm³/mol. The van der Waals surface area contributed by atoms with Crippen LogP contribution in [-0.4, -0.2) is 22.4 Å². The van der Waals surface area contributed by atoms with Crippen molar-refractivity contribution in [3.63, 3.8) is 0 Å². The molecule has 0 aliphatic heterocycles. The molecule has 2 aromatic heterocycles. The number of hydrogen-bond acceptors (Lipinski definition) is 5. The van der Waals surface area contributed by atoms with Gasteiger partial charge in [-0.3, -0.25) is 0 Å². The van der Waals surface area contributed by atoms with E-state index >= 15 is 0 Å². The Hall–Kier alpha value is -1.99. The highest BCUT2D eigenvalue weighted by Gasteiger charge is 2.19. The van der Waals surface area contributed by atoms with Gasteiger partial charge >= 0.3 is 0 Å². The van der Waals surface area contributed by atoms with E-state index in [1.807, 2.05) is 19.9 Å². The first-order valence-electron chi connectivity index (χ1n) is 7.02. The van der Waals surface area contributed by atoms with Crippen molar-refractivity contribution in [2.45, 2.75) is 33.7 Å². The lowest BCUT2D eigenvalue weighted by molar-refractivity contribution is 0.595. The summed E-state index contributed by atoms with van der Waals surface area (Å²) >= 11 is 0. The van der Waals surface area contributed by atoms with Gasteiger partial charge in [0, 0.05) is 12.7 Å². The first-order chi connectivity index (χ1) is 10.4. The number of allylic oxidation sites excluding steroid dienone is 4. The topological polar surface area (TPSA) is 90.9 Å². The minimum atomic E-state index is -3.65. The lowest BCUT2D eigenvalue weighted by Crippen LogP contribution is -2.13. The molecular weight excluding hydrogens is 300 g/mol. The molecule has 0 spiro atoms. The summed E-state index contributed by atoms with van der Waals surface area (Å²) in [5.74, 6) is 0. The van der Waals surface area contributed by atoms with E-state index in [0.29, 0.717) is 16.9 Å². The molecule has 0 aliphatic rings. The zero-order chi connectivity index (χ0) is 16.3. The maximum atomic E-state index is 12.6. The van der Waals surface area contributed by atoms with E-state index in [1.165, 1.54) is 12.4 Å². The Morgan fingerprint density at radius 1 is 1.36 bits per heavy atom. The Balaban J connectivity index is 2.50. The standard InChI is InChI=1S/C15H20N4O2S/c1-4-11(2)5-6-12(3)22(20,21)19-8-7-14-15(19)17-10-13(9-16)18-14/h5-8,10H,4,9,16H2,1-3H3. The summed E-state index contributed by atoms with van der Waals surface area (Å²) < 4.78 is 26.4. The van der Waals surface area contributed by atoms with Crippen LogP contribution in [0.3, 0.4) is 0 Å². The van der Waals surface area contributed by atoms with Crippen LogP contribution in [0.2, 0.25) is 0 Å². The third-order valence-corrected chi connectivity index (χ3v) is 5.20. The van der Waals surface area contributed by atoms with E-state index in [9.17, 15) is 8.42 Å². The van der Waals surface area contributed by atoms with Gasteiger partial charge in [-0.2, -0.15) is 0 Å². The van der Waals surface area contributed by atoms with Crippen molar-refractivity contribution in [1.82, 2.24) is 13.9 Å². The molecule has 6 nitrogen and oxygen atoms in total. The van der Waals surface area contributed by atoms with E-state index in [-0.39, 0.29) is 11.4 Å². The summed E-state index contributed by atoms with van der Waals surface area (Å²) in [6.45, 7) is 5.82. The number of aromatic nitrogens is 3. The van der Waals surface area contributed by atoms with Gasteiger partial charge in [0.1, 0.15) is 5.52 Å². The summed E-state index contributed by atoms with van der Waals surface area (Å²) in [7, 11) is -3.65. The van der Waals surface area contributed by atoms with Crippen molar-refractivity contribution in [2.75, 3.05) is 0 Å². The highest BCUT2D eigenvalue weighted by atomic mass is 32.2. The smallest absolute Gasteiger partial charge is 0.265 e. The molecule has 2 rings (SSSR count). The van der Waals surface area contributed by atoms with Gasteiger partial charge in [0.05, 0.1) is 16.8 Å². The van der Waals surface area contributed by atoms with E-state index in [1.54, 1.807) is 19.1 Å². The number of nitrogens with zero attached hydrogens (tertiary/aromatic N) is 3. The summed E-state index contributed by atoms with van der Waals surface area (Å²) in [5, 5.41) is 0. The molecule has 0 saturated heterocycles. The average Bonchev–Trinajstić information content (AvgIpc) is 2.95. The molecule has 2 N–H and O–H groups in total. The van der Waals surface area contributed by atoms with Gasteiger partial charge in [-0.15, -0.1) is 0 Å². The van der Waals surface area contributed by atoms with Crippen molar-refractivity contribution in [3.05, 3.63) is 46.8 Å². The second-order valence-corrected chi connectivity index (χ2v) is 7.02. The predicted octanol–water partition coefficient (Wildman–Crippen LogP) is 2.33. The molecule has 0 atom stereocenters. The fraction of sp³-hybridized carbons (Fsp3) is 0.333. The molecule has 0 saturated carbocycles. The van der Waals surface area contributed by atoms with E-state index < -0.39 is 10.0 Å². The molecule has 7 heteroatoms. The van der Waals surface area contributed by atoms with Crippen LogP contribution >= 0.6 is 0 Å². The molecule has 2 heterocycles. The van der Waals surface area contributed by atoms with E-state index in [0.717, 1.165) is 16.0 Å². The fourth-order valence-electron chi connectivity index (χ4n) is 1.84. The van der Waals surface area contributed by atoms with Gasteiger partial charge < -0.3 is 5.73 Å². The normalized spacial score (nSPS) is 13.8. The minimum Gasteiger partial charge on any atom is -0.325 e. The largest absolute Gasteiger partial charge is 0.325 e. The van der Waals surface area contributed by atoms with Crippen LogP contribution in [0, 0.1) is 0 Å². The number of rotatable bonds is 5. The molecule has 0 radical (unpaired) electrons. The molecule has 2 aromatic rings. The Labute approximate surface area is 130 Å². The van der Waals surface area contributed by atoms with Gasteiger partial charge in [-0.25, -0.2) is 22.4 Å². The number of fused-ring (bicyclic) bond motifs is 1. The van der Waals surface area contributed by atoms with E-state index in [4.69, 9.17) is 5.73 Å². The van der Waals surface area contributed by atoms with Gasteiger partial charge in [0.25, 0.3) is 10.0 Å². The molecule has 0 amide bonds. The Bertz CT molecular complexity index is 848. The van der Waals surface area contributed by atoms with Crippen LogP contribution in [-0.2, 0) is 16.6 Å².